The summed E-state index contributed by atoms with van der Waals surface area (Å²) in [6, 6.07) is 0.432. The molecule has 17 heavy (non-hydrogen) atoms. The van der Waals surface area contributed by atoms with Crippen molar-refractivity contribution in [2.75, 3.05) is 18.9 Å². The minimum atomic E-state index is -3.00. The van der Waals surface area contributed by atoms with E-state index in [2.05, 4.69) is 5.32 Å². The molecule has 0 aromatic rings. The van der Waals surface area contributed by atoms with Crippen LogP contribution < -0.4 is 5.32 Å². The summed E-state index contributed by atoms with van der Waals surface area (Å²) in [5, 5.41) is 3.28. The molecule has 0 radical (unpaired) electrons. The smallest absolute Gasteiger partial charge is 0.156 e. The lowest BCUT2D eigenvalue weighted by Crippen LogP contribution is -2.47. The van der Waals surface area contributed by atoms with Crippen molar-refractivity contribution < 1.29 is 13.2 Å². The first-order valence-corrected chi connectivity index (χ1v) is 7.99. The second-order valence-electron chi connectivity index (χ2n) is 5.63. The van der Waals surface area contributed by atoms with Crippen LogP contribution in [0.2, 0.25) is 0 Å². The Morgan fingerprint density at radius 1 is 1.29 bits per heavy atom. The van der Waals surface area contributed by atoms with E-state index in [4.69, 9.17) is 4.74 Å². The molecule has 1 fully saturated rings. The number of hydrogen-bond donors (Lipinski definition) is 1. The molecule has 0 aromatic carbocycles. The number of hydrogen-bond acceptors (Lipinski definition) is 4. The van der Waals surface area contributed by atoms with Gasteiger partial charge in [-0.25, -0.2) is 8.42 Å². The van der Waals surface area contributed by atoms with Gasteiger partial charge in [0.2, 0.25) is 0 Å². The molecule has 5 heteroatoms. The Morgan fingerprint density at radius 3 is 2.35 bits per heavy atom. The number of rotatable bonds is 6. The molecule has 0 amide bonds. The summed E-state index contributed by atoms with van der Waals surface area (Å²) in [4.78, 5) is 0. The van der Waals surface area contributed by atoms with Gasteiger partial charge in [-0.2, -0.15) is 0 Å². The number of ether oxygens (including phenoxy) is 1. The highest BCUT2D eigenvalue weighted by atomic mass is 32.2. The van der Waals surface area contributed by atoms with Gasteiger partial charge in [0.15, 0.2) is 9.84 Å². The van der Waals surface area contributed by atoms with Gasteiger partial charge >= 0.3 is 0 Å². The van der Waals surface area contributed by atoms with E-state index in [9.17, 15) is 8.42 Å². The summed E-state index contributed by atoms with van der Waals surface area (Å²) in [5.74, 6) is 0.215. The largest absolute Gasteiger partial charge is 0.378 e. The Balaban J connectivity index is 2.18. The van der Waals surface area contributed by atoms with Crippen LogP contribution in [0.25, 0.3) is 0 Å². The predicted molar refractivity (Wildman–Crippen MR) is 70.0 cm³/mol. The van der Waals surface area contributed by atoms with Crippen LogP contribution in [0.3, 0.4) is 0 Å². The first kappa shape index (κ1) is 14.9. The molecule has 102 valence electrons. The van der Waals surface area contributed by atoms with Crippen LogP contribution in [0.1, 0.15) is 40.5 Å². The molecule has 1 saturated carbocycles. The highest BCUT2D eigenvalue weighted by Crippen LogP contribution is 2.23. The van der Waals surface area contributed by atoms with Gasteiger partial charge in [-0.1, -0.05) is 0 Å². The summed E-state index contributed by atoms with van der Waals surface area (Å²) in [7, 11) is -3.00. The Bertz CT molecular complexity index is 326. The van der Waals surface area contributed by atoms with Gasteiger partial charge in [0, 0.05) is 19.2 Å². The van der Waals surface area contributed by atoms with Gasteiger partial charge in [0.05, 0.1) is 16.6 Å². The summed E-state index contributed by atoms with van der Waals surface area (Å²) < 4.78 is 28.5. The maximum Gasteiger partial charge on any atom is 0.156 e. The van der Waals surface area contributed by atoms with Crippen molar-refractivity contribution in [3.63, 3.8) is 0 Å². The van der Waals surface area contributed by atoms with E-state index in [1.54, 1.807) is 20.8 Å². The maximum absolute atomic E-state index is 11.8. The van der Waals surface area contributed by atoms with Crippen LogP contribution in [0.4, 0.5) is 0 Å². The fraction of sp³-hybridized carbons (Fsp3) is 1.00. The minimum absolute atomic E-state index is 0.215. The Morgan fingerprint density at radius 2 is 1.88 bits per heavy atom. The maximum atomic E-state index is 11.8. The highest BCUT2D eigenvalue weighted by molar-refractivity contribution is 7.92. The molecule has 0 aromatic heterocycles. The van der Waals surface area contributed by atoms with Gasteiger partial charge in [-0.3, -0.25) is 0 Å². The van der Waals surface area contributed by atoms with Gasteiger partial charge in [0.25, 0.3) is 0 Å². The van der Waals surface area contributed by atoms with Crippen molar-refractivity contribution in [1.82, 2.24) is 5.32 Å². The van der Waals surface area contributed by atoms with Gasteiger partial charge in [-0.05, 0) is 40.5 Å². The standard InChI is InChI=1S/C12H25NO3S/c1-5-16-11-8-10(9-11)13-6-7-17(14,15)12(2,3)4/h10-11,13H,5-9H2,1-4H3. The Hall–Kier alpha value is -0.130. The molecule has 1 rings (SSSR count). The second kappa shape index (κ2) is 5.67. The van der Waals surface area contributed by atoms with Crippen molar-refractivity contribution in [3.05, 3.63) is 0 Å². The molecule has 0 saturated heterocycles. The van der Waals surface area contributed by atoms with E-state index >= 15 is 0 Å². The third kappa shape index (κ3) is 4.23. The number of sulfone groups is 1. The fourth-order valence-electron chi connectivity index (χ4n) is 1.81. The monoisotopic (exact) mass is 263 g/mol. The quantitative estimate of drug-likeness (QED) is 0.786. The van der Waals surface area contributed by atoms with Crippen molar-refractivity contribution in [2.45, 2.75) is 57.4 Å². The van der Waals surface area contributed by atoms with Gasteiger partial charge in [-0.15, -0.1) is 0 Å². The SMILES string of the molecule is CCOC1CC(NCCS(=O)(=O)C(C)(C)C)C1. The third-order valence-corrected chi connectivity index (χ3v) is 5.84. The molecule has 4 nitrogen and oxygen atoms in total. The van der Waals surface area contributed by atoms with Crippen molar-refractivity contribution in [3.8, 4) is 0 Å². The molecule has 1 N–H and O–H groups in total. The molecular weight excluding hydrogens is 238 g/mol. The molecule has 0 spiro atoms. The summed E-state index contributed by atoms with van der Waals surface area (Å²) in [6.45, 7) is 8.54. The molecule has 0 bridgehead atoms. The van der Waals surface area contributed by atoms with Crippen LogP contribution in [-0.4, -0.2) is 44.2 Å². The molecule has 0 aliphatic heterocycles. The first-order chi connectivity index (χ1) is 7.76. The minimum Gasteiger partial charge on any atom is -0.378 e. The Kier molecular flexibility index (Phi) is 4.98. The zero-order valence-corrected chi connectivity index (χ0v) is 12.1. The summed E-state index contributed by atoms with van der Waals surface area (Å²) in [6.07, 6.45) is 2.38. The molecule has 0 atom stereocenters. The van der Waals surface area contributed by atoms with E-state index in [0.29, 0.717) is 18.7 Å². The summed E-state index contributed by atoms with van der Waals surface area (Å²) in [5.41, 5.74) is 0. The fourth-order valence-corrected chi connectivity index (χ4v) is 2.81. The third-order valence-electron chi connectivity index (χ3n) is 3.23. The molecule has 1 aliphatic rings. The van der Waals surface area contributed by atoms with Crippen LogP contribution >= 0.6 is 0 Å². The topological polar surface area (TPSA) is 55.4 Å². The average molecular weight is 263 g/mol. The Labute approximate surface area is 105 Å². The van der Waals surface area contributed by atoms with Crippen molar-refractivity contribution in [2.24, 2.45) is 0 Å². The predicted octanol–water partition coefficient (Wildman–Crippen LogP) is 1.36. The van der Waals surface area contributed by atoms with E-state index in [-0.39, 0.29) is 5.75 Å². The summed E-state index contributed by atoms with van der Waals surface area (Å²) >= 11 is 0. The van der Waals surface area contributed by atoms with Crippen LogP contribution in [0, 0.1) is 0 Å². The van der Waals surface area contributed by atoms with E-state index in [1.165, 1.54) is 0 Å². The van der Waals surface area contributed by atoms with Gasteiger partial charge in [0.1, 0.15) is 0 Å². The molecule has 1 aliphatic carbocycles. The van der Waals surface area contributed by atoms with Crippen LogP contribution in [0.5, 0.6) is 0 Å². The van der Waals surface area contributed by atoms with Crippen LogP contribution in [0.15, 0.2) is 0 Å². The molecule has 0 heterocycles. The molecule has 0 unspecified atom stereocenters. The van der Waals surface area contributed by atoms with E-state index < -0.39 is 14.6 Å². The first-order valence-electron chi connectivity index (χ1n) is 6.33. The lowest BCUT2D eigenvalue weighted by atomic mass is 9.89. The van der Waals surface area contributed by atoms with Gasteiger partial charge < -0.3 is 10.1 Å². The zero-order valence-electron chi connectivity index (χ0n) is 11.3. The lowest BCUT2D eigenvalue weighted by molar-refractivity contribution is -0.00931. The van der Waals surface area contributed by atoms with Crippen molar-refractivity contribution in [1.29, 1.82) is 0 Å². The number of nitrogens with one attached hydrogen (secondary N) is 1. The average Bonchev–Trinajstić information content (AvgIpc) is 2.11. The second-order valence-corrected chi connectivity index (χ2v) is 8.49. The van der Waals surface area contributed by atoms with Crippen molar-refractivity contribution >= 4 is 9.84 Å². The lowest BCUT2D eigenvalue weighted by Gasteiger charge is -2.35. The van der Waals surface area contributed by atoms with E-state index in [0.717, 1.165) is 19.4 Å². The highest BCUT2D eigenvalue weighted by Gasteiger charge is 2.31. The van der Waals surface area contributed by atoms with Crippen LogP contribution in [-0.2, 0) is 14.6 Å². The normalized spacial score (nSPS) is 25.6. The molecular formula is C12H25NO3S. The van der Waals surface area contributed by atoms with E-state index in [1.807, 2.05) is 6.92 Å². The zero-order chi connectivity index (χ0) is 13.1.